The zero-order valence-corrected chi connectivity index (χ0v) is 21.3. The molecule has 3 rings (SSSR count). The summed E-state index contributed by atoms with van der Waals surface area (Å²) in [5, 5.41) is 78.9. The minimum Gasteiger partial charge on any atom is -0.496 e. The first kappa shape index (κ1) is 30.4. The average molecular weight is 543 g/mol. The van der Waals surface area contributed by atoms with Crippen LogP contribution in [-0.4, -0.2) is 129 Å². The first-order chi connectivity index (χ1) is 18.2. The number of aliphatic hydroxyl groups excluding tert-OH is 8. The monoisotopic (exact) mass is 542 g/mol. The Balaban J connectivity index is 1.71. The second-order valence-corrected chi connectivity index (χ2v) is 9.35. The first-order valence-corrected chi connectivity index (χ1v) is 12.4. The van der Waals surface area contributed by atoms with Crippen molar-refractivity contribution in [2.45, 2.75) is 73.9 Å². The van der Waals surface area contributed by atoms with Gasteiger partial charge in [-0.2, -0.15) is 0 Å². The Morgan fingerprint density at radius 2 is 0.947 bits per heavy atom. The molecule has 0 radical (unpaired) electrons. The van der Waals surface area contributed by atoms with Gasteiger partial charge in [0.05, 0.1) is 39.6 Å². The van der Waals surface area contributed by atoms with Crippen LogP contribution in [0.4, 0.5) is 0 Å². The Morgan fingerprint density at radius 3 is 1.26 bits per heavy atom. The normalized spacial score (nSPS) is 36.2. The molecule has 0 amide bonds. The lowest BCUT2D eigenvalue weighted by Gasteiger charge is -2.39. The molecular weight excluding hydrogens is 504 g/mol. The molecule has 2 fully saturated rings. The summed E-state index contributed by atoms with van der Waals surface area (Å²) in [6, 6.07) is 3.46. The van der Waals surface area contributed by atoms with Crippen molar-refractivity contribution in [3.8, 4) is 11.5 Å². The molecule has 1 aromatic rings. The predicted molar refractivity (Wildman–Crippen MR) is 134 cm³/mol. The predicted octanol–water partition coefficient (Wildman–Crippen LogP) is -1.80. The maximum atomic E-state index is 10.2. The van der Waals surface area contributed by atoms with Gasteiger partial charge in [0.15, 0.2) is 0 Å². The van der Waals surface area contributed by atoms with Crippen molar-refractivity contribution < 1.29 is 59.8 Å². The minimum atomic E-state index is -1.44. The molecule has 0 bridgehead atoms. The summed E-state index contributed by atoms with van der Waals surface area (Å²) in [5.41, 5.74) is 1.31. The minimum absolute atomic E-state index is 0.188. The van der Waals surface area contributed by atoms with Crippen LogP contribution in [0.5, 0.6) is 11.5 Å². The third kappa shape index (κ3) is 6.72. The van der Waals surface area contributed by atoms with Crippen LogP contribution in [0.25, 0.3) is 12.2 Å². The smallest absolute Gasteiger partial charge is 0.126 e. The van der Waals surface area contributed by atoms with Crippen LogP contribution in [0.15, 0.2) is 24.3 Å². The number of rotatable bonds is 10. The molecule has 12 nitrogen and oxygen atoms in total. The summed E-state index contributed by atoms with van der Waals surface area (Å²) in [5.74, 6) is 1.01. The fourth-order valence-electron chi connectivity index (χ4n) is 4.61. The van der Waals surface area contributed by atoms with Crippen molar-refractivity contribution in [3.63, 3.8) is 0 Å². The molecule has 12 heteroatoms. The molecule has 10 atom stereocenters. The highest BCUT2D eigenvalue weighted by molar-refractivity contribution is 5.68. The molecule has 2 aliphatic heterocycles. The molecule has 0 unspecified atom stereocenters. The summed E-state index contributed by atoms with van der Waals surface area (Å²) >= 11 is 0. The van der Waals surface area contributed by atoms with Gasteiger partial charge in [0, 0.05) is 11.1 Å². The van der Waals surface area contributed by atoms with Crippen LogP contribution >= 0.6 is 0 Å². The van der Waals surface area contributed by atoms with Crippen molar-refractivity contribution in [3.05, 3.63) is 35.4 Å². The van der Waals surface area contributed by atoms with Gasteiger partial charge in [0.2, 0.25) is 0 Å². The highest BCUT2D eigenvalue weighted by atomic mass is 16.6. The molecule has 8 N–H and O–H groups in total. The van der Waals surface area contributed by atoms with Crippen LogP contribution < -0.4 is 9.47 Å². The molecule has 0 aliphatic carbocycles. The van der Waals surface area contributed by atoms with E-state index >= 15 is 0 Å². The standard InChI is InChI=1S/C26H38O12/c1-35-17-9-14(6-4-8-16-22(30)26(34)24(32)20(12-28)38-16)18(36-2)10-13(17)5-3-7-15-21(29)25(33)23(31)19(11-27)37-15/h3-6,9-10,15-16,19-34H,7-8,11-12H2,1-2H3/t15-,16-,19-,20-,21-,22-,23-,24-,25-,26-/m1/s1. The third-order valence-corrected chi connectivity index (χ3v) is 6.90. The Morgan fingerprint density at radius 1 is 0.605 bits per heavy atom. The van der Waals surface area contributed by atoms with Gasteiger partial charge in [-0.15, -0.1) is 0 Å². The van der Waals surface area contributed by atoms with E-state index in [-0.39, 0.29) is 12.8 Å². The van der Waals surface area contributed by atoms with Gasteiger partial charge in [-0.1, -0.05) is 24.3 Å². The Hall–Kier alpha value is -2.10. The van der Waals surface area contributed by atoms with Crippen LogP contribution in [0.2, 0.25) is 0 Å². The van der Waals surface area contributed by atoms with E-state index in [1.165, 1.54) is 14.2 Å². The average Bonchev–Trinajstić information content (AvgIpc) is 2.93. The highest BCUT2D eigenvalue weighted by Crippen LogP contribution is 2.32. The zero-order valence-electron chi connectivity index (χ0n) is 21.3. The van der Waals surface area contributed by atoms with Gasteiger partial charge in [0.25, 0.3) is 0 Å². The van der Waals surface area contributed by atoms with E-state index in [4.69, 9.17) is 18.9 Å². The Bertz CT molecular complexity index is 873. The van der Waals surface area contributed by atoms with E-state index in [0.29, 0.717) is 22.6 Å². The second kappa shape index (κ2) is 13.8. The van der Waals surface area contributed by atoms with E-state index < -0.39 is 74.3 Å². The van der Waals surface area contributed by atoms with E-state index in [0.717, 1.165) is 0 Å². The van der Waals surface area contributed by atoms with E-state index in [1.54, 1.807) is 36.4 Å². The molecule has 2 aliphatic rings. The summed E-state index contributed by atoms with van der Waals surface area (Å²) in [4.78, 5) is 0. The molecule has 1 aromatic carbocycles. The molecule has 214 valence electrons. The van der Waals surface area contributed by atoms with E-state index in [2.05, 4.69) is 0 Å². The number of methoxy groups -OCH3 is 2. The summed E-state index contributed by atoms with van der Waals surface area (Å²) in [6.07, 6.45) is -4.75. The van der Waals surface area contributed by atoms with Crippen molar-refractivity contribution >= 4 is 12.2 Å². The molecule has 38 heavy (non-hydrogen) atoms. The van der Waals surface area contributed by atoms with Crippen LogP contribution in [0.3, 0.4) is 0 Å². The van der Waals surface area contributed by atoms with Crippen molar-refractivity contribution in [1.82, 2.24) is 0 Å². The fourth-order valence-corrected chi connectivity index (χ4v) is 4.61. The number of aliphatic hydroxyl groups is 8. The number of ether oxygens (including phenoxy) is 4. The van der Waals surface area contributed by atoms with Gasteiger partial charge in [-0.05, 0) is 25.0 Å². The van der Waals surface area contributed by atoms with E-state index in [1.807, 2.05) is 0 Å². The maximum Gasteiger partial charge on any atom is 0.126 e. The molecular formula is C26H38O12. The lowest BCUT2D eigenvalue weighted by Crippen LogP contribution is -2.58. The SMILES string of the molecule is COc1cc(C=CC[C@H]2O[C@H](CO)[C@@H](O)[C@H](O)[C@@H]2O)c(OC)cc1C=CC[C@H]1O[C@H](CO)[C@@H](O)[C@H](O)[C@@H]1O. The number of hydrogen-bond donors (Lipinski definition) is 8. The van der Waals surface area contributed by atoms with Gasteiger partial charge in [-0.3, -0.25) is 0 Å². The Labute approximate surface area is 220 Å². The molecule has 2 heterocycles. The zero-order chi connectivity index (χ0) is 28.0. The van der Waals surface area contributed by atoms with Crippen molar-refractivity contribution in [2.75, 3.05) is 27.4 Å². The second-order valence-electron chi connectivity index (χ2n) is 9.35. The lowest BCUT2D eigenvalue weighted by atomic mass is 9.93. The first-order valence-electron chi connectivity index (χ1n) is 12.4. The quantitative estimate of drug-likeness (QED) is 0.165. The third-order valence-electron chi connectivity index (χ3n) is 6.90. The fraction of sp³-hybridized carbons (Fsp3) is 0.615. The number of hydrogen-bond acceptors (Lipinski definition) is 12. The van der Waals surface area contributed by atoms with Gasteiger partial charge >= 0.3 is 0 Å². The van der Waals surface area contributed by atoms with Crippen molar-refractivity contribution in [2.24, 2.45) is 0 Å². The largest absolute Gasteiger partial charge is 0.496 e. The molecule has 0 aromatic heterocycles. The van der Waals surface area contributed by atoms with Crippen LogP contribution in [0.1, 0.15) is 24.0 Å². The molecule has 0 saturated carbocycles. The van der Waals surface area contributed by atoms with Gasteiger partial charge in [0.1, 0.15) is 60.3 Å². The van der Waals surface area contributed by atoms with Crippen LogP contribution in [0, 0.1) is 0 Å². The summed E-state index contributed by atoms with van der Waals surface area (Å²) in [6.45, 7) is -0.997. The van der Waals surface area contributed by atoms with E-state index in [9.17, 15) is 40.9 Å². The topological polar surface area (TPSA) is 199 Å². The lowest BCUT2D eigenvalue weighted by molar-refractivity contribution is -0.227. The van der Waals surface area contributed by atoms with Gasteiger partial charge in [-0.25, -0.2) is 0 Å². The van der Waals surface area contributed by atoms with Crippen molar-refractivity contribution in [1.29, 1.82) is 0 Å². The van der Waals surface area contributed by atoms with Gasteiger partial charge < -0.3 is 59.8 Å². The Kier molecular flexibility index (Phi) is 11.1. The maximum absolute atomic E-state index is 10.2. The number of benzene rings is 1. The summed E-state index contributed by atoms with van der Waals surface area (Å²) < 4.78 is 22.0. The summed E-state index contributed by atoms with van der Waals surface area (Å²) in [7, 11) is 3.00. The molecule has 2 saturated heterocycles. The molecule has 0 spiro atoms. The van der Waals surface area contributed by atoms with Crippen LogP contribution in [-0.2, 0) is 9.47 Å². The highest BCUT2D eigenvalue weighted by Gasteiger charge is 2.43.